The summed E-state index contributed by atoms with van der Waals surface area (Å²) in [5.74, 6) is -2.25. The van der Waals surface area contributed by atoms with Gasteiger partial charge in [-0.05, 0) is 44.7 Å². The predicted octanol–water partition coefficient (Wildman–Crippen LogP) is -4.25. The van der Waals surface area contributed by atoms with Crippen molar-refractivity contribution >= 4 is 11.9 Å². The molecule has 2 aliphatic heterocycles. The number of β-lactam (4-membered cyclic amide) rings is 1. The average Bonchev–Trinajstić information content (AvgIpc) is 2.79. The Morgan fingerprint density at radius 1 is 1.50 bits per heavy atom. The Labute approximate surface area is 163 Å². The Morgan fingerprint density at radius 2 is 2.21 bits per heavy atom. The molecule has 0 aromatic rings. The van der Waals surface area contributed by atoms with E-state index in [0.29, 0.717) is 25.1 Å². The molecule has 1 amide bonds. The summed E-state index contributed by atoms with van der Waals surface area (Å²) in [5.41, 5.74) is 6.12. The molecule has 1 aliphatic carbocycles. The van der Waals surface area contributed by atoms with Crippen molar-refractivity contribution in [3.8, 4) is 0 Å². The molecule has 3 aliphatic rings. The number of carboxylic acids is 1. The average molecular weight is 346 g/mol. The molecule has 0 aromatic heterocycles. The van der Waals surface area contributed by atoms with Gasteiger partial charge in [-0.15, -0.1) is 0 Å². The van der Waals surface area contributed by atoms with Gasteiger partial charge < -0.3 is 30.4 Å². The molecule has 1 saturated heterocycles. The van der Waals surface area contributed by atoms with Crippen LogP contribution in [0.1, 0.15) is 32.6 Å². The van der Waals surface area contributed by atoms with E-state index in [1.54, 1.807) is 6.92 Å². The minimum absolute atomic E-state index is 0. The fraction of sp³-hybridized carbons (Fsp3) is 0.750. The second-order valence-electron chi connectivity index (χ2n) is 6.60. The van der Waals surface area contributed by atoms with Crippen LogP contribution in [0.15, 0.2) is 11.3 Å². The van der Waals surface area contributed by atoms with Crippen LogP contribution < -0.4 is 40.4 Å². The fourth-order valence-corrected chi connectivity index (χ4v) is 4.31. The van der Waals surface area contributed by atoms with E-state index >= 15 is 0 Å². The van der Waals surface area contributed by atoms with Crippen molar-refractivity contribution in [2.24, 2.45) is 17.6 Å². The molecule has 2 heterocycles. The Hall–Kier alpha value is -0.440. The van der Waals surface area contributed by atoms with E-state index in [4.69, 9.17) is 10.5 Å². The van der Waals surface area contributed by atoms with Crippen LogP contribution in [0.3, 0.4) is 0 Å². The zero-order valence-electron chi connectivity index (χ0n) is 14.2. The monoisotopic (exact) mass is 346 g/mol. The molecule has 5 atom stereocenters. The number of aliphatic hydroxyl groups excluding tert-OH is 1. The van der Waals surface area contributed by atoms with Crippen LogP contribution in [0, 0.1) is 11.8 Å². The smallest absolute Gasteiger partial charge is 0.543 e. The summed E-state index contributed by atoms with van der Waals surface area (Å²) in [6.45, 7) is 2.56. The van der Waals surface area contributed by atoms with E-state index in [1.165, 1.54) is 4.90 Å². The van der Waals surface area contributed by atoms with Crippen LogP contribution >= 0.6 is 0 Å². The number of aliphatic hydroxyl groups is 1. The van der Waals surface area contributed by atoms with Gasteiger partial charge in [0.15, 0.2) is 0 Å². The van der Waals surface area contributed by atoms with Crippen LogP contribution in [0.25, 0.3) is 0 Å². The zero-order valence-corrected chi connectivity index (χ0v) is 16.2. The number of hydrogen-bond donors (Lipinski definition) is 2. The number of carbonyl (C=O) groups excluding carboxylic acids is 2. The van der Waals surface area contributed by atoms with Crippen molar-refractivity contribution in [1.82, 2.24) is 4.90 Å². The van der Waals surface area contributed by atoms with E-state index in [9.17, 15) is 19.8 Å². The van der Waals surface area contributed by atoms with Gasteiger partial charge in [0, 0.05) is 12.5 Å². The maximum Gasteiger partial charge on any atom is 1.00 e. The third-order valence-corrected chi connectivity index (χ3v) is 5.22. The third-order valence-electron chi connectivity index (χ3n) is 5.22. The topological polar surface area (TPSA) is 116 Å². The zero-order chi connectivity index (χ0) is 16.7. The van der Waals surface area contributed by atoms with E-state index in [1.807, 2.05) is 0 Å². The SMILES string of the molecule is C[C@@H](O)[C@H]1C(=O)N2C(C(=O)[O-])=C3[C@@H](OCCCN)CCC[C@@H]3[C@H]12.[Na+]. The number of ether oxygens (including phenoxy) is 1. The number of hydrogen-bond acceptors (Lipinski definition) is 6. The van der Waals surface area contributed by atoms with Gasteiger partial charge in [0.2, 0.25) is 5.91 Å². The Balaban J connectivity index is 0.00000208. The summed E-state index contributed by atoms with van der Waals surface area (Å²) in [6.07, 6.45) is 2.07. The third kappa shape index (κ3) is 3.06. The van der Waals surface area contributed by atoms with Gasteiger partial charge in [0.25, 0.3) is 0 Å². The fourth-order valence-electron chi connectivity index (χ4n) is 4.31. The van der Waals surface area contributed by atoms with Crippen molar-refractivity contribution in [1.29, 1.82) is 0 Å². The maximum atomic E-state index is 12.3. The maximum absolute atomic E-state index is 12.3. The van der Waals surface area contributed by atoms with E-state index in [-0.39, 0.29) is 59.2 Å². The number of nitrogens with zero attached hydrogens (tertiary/aromatic N) is 1. The molecule has 1 saturated carbocycles. The number of fused-ring (bicyclic) bond motifs is 3. The normalized spacial score (nSPS) is 32.6. The van der Waals surface area contributed by atoms with Crippen molar-refractivity contribution in [3.05, 3.63) is 11.3 Å². The number of amides is 1. The number of nitrogens with two attached hydrogens (primary N) is 1. The number of aliphatic carboxylic acids is 1. The van der Waals surface area contributed by atoms with Crippen molar-refractivity contribution < 1.29 is 54.1 Å². The van der Waals surface area contributed by atoms with Crippen LogP contribution in [0.4, 0.5) is 0 Å². The summed E-state index contributed by atoms with van der Waals surface area (Å²) in [4.78, 5) is 25.3. The van der Waals surface area contributed by atoms with Crippen LogP contribution in [-0.2, 0) is 14.3 Å². The first kappa shape index (κ1) is 19.9. The molecule has 0 unspecified atom stereocenters. The van der Waals surface area contributed by atoms with Crippen LogP contribution in [0.2, 0.25) is 0 Å². The first-order valence-electron chi connectivity index (χ1n) is 8.27. The number of carboxylic acid groups (broad SMARTS) is 1. The van der Waals surface area contributed by atoms with Gasteiger partial charge >= 0.3 is 29.6 Å². The van der Waals surface area contributed by atoms with Crippen molar-refractivity contribution in [3.63, 3.8) is 0 Å². The molecule has 3 rings (SSSR count). The molecule has 128 valence electrons. The second kappa shape index (κ2) is 7.85. The van der Waals surface area contributed by atoms with Crippen molar-refractivity contribution in [2.45, 2.75) is 50.9 Å². The molecule has 8 heteroatoms. The molecule has 24 heavy (non-hydrogen) atoms. The van der Waals surface area contributed by atoms with E-state index in [0.717, 1.165) is 19.3 Å². The van der Waals surface area contributed by atoms with Crippen LogP contribution in [-0.4, -0.2) is 53.3 Å². The summed E-state index contributed by atoms with van der Waals surface area (Å²) in [7, 11) is 0. The number of carbonyl (C=O) groups is 2. The molecule has 0 bridgehead atoms. The predicted molar refractivity (Wildman–Crippen MR) is 78.6 cm³/mol. The first-order chi connectivity index (χ1) is 11.0. The van der Waals surface area contributed by atoms with Crippen molar-refractivity contribution in [2.75, 3.05) is 13.2 Å². The molecule has 7 nitrogen and oxygen atoms in total. The van der Waals surface area contributed by atoms with Gasteiger partial charge in [0.05, 0.1) is 35.8 Å². The summed E-state index contributed by atoms with van der Waals surface area (Å²) >= 11 is 0. The van der Waals surface area contributed by atoms with Gasteiger partial charge in [-0.25, -0.2) is 0 Å². The van der Waals surface area contributed by atoms with Gasteiger partial charge in [-0.3, -0.25) is 4.79 Å². The van der Waals surface area contributed by atoms with Gasteiger partial charge in [0.1, 0.15) is 0 Å². The minimum Gasteiger partial charge on any atom is -0.543 e. The summed E-state index contributed by atoms with van der Waals surface area (Å²) in [6, 6.07) is -0.272. The standard InChI is InChI=1S/C16H24N2O5.Na/c1-8(19)11-13-9-4-2-5-10(23-7-3-6-17)12(9)14(16(21)22)18(13)15(11)20;/h8-11,13,19H,2-7,17H2,1H3,(H,21,22);/q;+1/p-1/t8-,9+,10+,11-,13-;/m1./s1. The van der Waals surface area contributed by atoms with E-state index < -0.39 is 18.0 Å². The molecule has 3 N–H and O–H groups in total. The molecule has 0 aromatic carbocycles. The Kier molecular flexibility index (Phi) is 6.50. The Bertz CT molecular complexity index is 551. The quantitative estimate of drug-likeness (QED) is 0.286. The first-order valence-corrected chi connectivity index (χ1v) is 8.27. The molecule has 0 radical (unpaired) electrons. The summed E-state index contributed by atoms with van der Waals surface area (Å²) in [5, 5.41) is 21.5. The van der Waals surface area contributed by atoms with Gasteiger partial charge in [-0.1, -0.05) is 0 Å². The van der Waals surface area contributed by atoms with Gasteiger partial charge in [-0.2, -0.15) is 0 Å². The molecule has 0 spiro atoms. The molecule has 2 fully saturated rings. The molecular formula is C16H23N2NaO5. The largest absolute Gasteiger partial charge is 1.00 e. The van der Waals surface area contributed by atoms with E-state index in [2.05, 4.69) is 0 Å². The Morgan fingerprint density at radius 3 is 2.79 bits per heavy atom. The second-order valence-corrected chi connectivity index (χ2v) is 6.60. The van der Waals surface area contributed by atoms with Crippen LogP contribution in [0.5, 0.6) is 0 Å². The minimum atomic E-state index is -1.33. The molecular weight excluding hydrogens is 323 g/mol. The number of rotatable bonds is 6. The summed E-state index contributed by atoms with van der Waals surface area (Å²) < 4.78 is 5.84.